The Labute approximate surface area is 95.1 Å². The molecule has 0 heterocycles. The van der Waals surface area contributed by atoms with Gasteiger partial charge >= 0.3 is 17.9 Å². The number of carboxylic acids is 3. The molecule has 2 rings (SSSR count). The molecule has 0 atom stereocenters. The van der Waals surface area contributed by atoms with E-state index < -0.39 is 23.5 Å². The number of hydrogen-bond acceptors (Lipinski definition) is 3. The summed E-state index contributed by atoms with van der Waals surface area (Å²) >= 11 is 0. The number of fused-ring (bicyclic) bond motifs is 1. The molecule has 0 saturated heterocycles. The van der Waals surface area contributed by atoms with E-state index in [9.17, 15) is 14.4 Å². The fourth-order valence-electron chi connectivity index (χ4n) is 2.02. The van der Waals surface area contributed by atoms with Gasteiger partial charge in [0.25, 0.3) is 0 Å². The first-order valence-corrected chi connectivity index (χ1v) is 4.82. The number of carbonyl (C=O) groups is 3. The molecule has 1 aromatic rings. The lowest BCUT2D eigenvalue weighted by Crippen LogP contribution is -2.23. The van der Waals surface area contributed by atoms with Crippen LogP contribution in [0.4, 0.5) is 0 Å². The summed E-state index contributed by atoms with van der Waals surface area (Å²) in [4.78, 5) is 32.9. The van der Waals surface area contributed by atoms with Gasteiger partial charge in [-0.25, -0.2) is 14.4 Å². The summed E-state index contributed by atoms with van der Waals surface area (Å²) < 4.78 is 0. The van der Waals surface area contributed by atoms with Gasteiger partial charge in [-0.3, -0.25) is 0 Å². The highest BCUT2D eigenvalue weighted by Gasteiger charge is 2.31. The van der Waals surface area contributed by atoms with E-state index in [0.717, 1.165) is 6.07 Å². The van der Waals surface area contributed by atoms with Crippen LogP contribution in [0.1, 0.15) is 42.2 Å². The zero-order valence-electron chi connectivity index (χ0n) is 8.56. The normalized spacial score (nSPS) is 12.5. The van der Waals surface area contributed by atoms with E-state index in [0.29, 0.717) is 24.0 Å². The number of rotatable bonds is 3. The van der Waals surface area contributed by atoms with Crippen LogP contribution in [0.15, 0.2) is 6.07 Å². The van der Waals surface area contributed by atoms with Gasteiger partial charge in [0, 0.05) is 0 Å². The Balaban J connectivity index is 2.78. The highest BCUT2D eigenvalue weighted by atomic mass is 16.4. The van der Waals surface area contributed by atoms with Gasteiger partial charge in [0.1, 0.15) is 0 Å². The molecule has 0 aliphatic heterocycles. The molecule has 6 heteroatoms. The standard InChI is InChI=1S/C11H8O6/c12-9(13)6-3-7(10(14)15)8(11(16)17)5-2-1-4(5)6/h3H,1-2H2,(H,12,13)(H,14,15)(H,16,17). The average molecular weight is 236 g/mol. The Kier molecular flexibility index (Phi) is 2.35. The maximum Gasteiger partial charge on any atom is 0.336 e. The van der Waals surface area contributed by atoms with Crippen LogP contribution in [0.5, 0.6) is 0 Å². The van der Waals surface area contributed by atoms with E-state index in [1.165, 1.54) is 0 Å². The second-order valence-electron chi connectivity index (χ2n) is 3.72. The molecule has 0 bridgehead atoms. The predicted molar refractivity (Wildman–Crippen MR) is 54.7 cm³/mol. The Hall–Kier alpha value is -2.37. The first kappa shape index (κ1) is 11.1. The third-order valence-corrected chi connectivity index (χ3v) is 2.85. The molecule has 88 valence electrons. The number of aromatic carboxylic acids is 3. The summed E-state index contributed by atoms with van der Waals surface area (Å²) in [5.74, 6) is -4.00. The van der Waals surface area contributed by atoms with Crippen molar-refractivity contribution in [3.05, 3.63) is 33.9 Å². The summed E-state index contributed by atoms with van der Waals surface area (Å²) in [7, 11) is 0. The number of hydrogen-bond donors (Lipinski definition) is 3. The van der Waals surface area contributed by atoms with Gasteiger partial charge in [0.15, 0.2) is 0 Å². The summed E-state index contributed by atoms with van der Waals surface area (Å²) in [6.45, 7) is 0. The van der Waals surface area contributed by atoms with Crippen LogP contribution in [0, 0.1) is 0 Å². The van der Waals surface area contributed by atoms with Crippen LogP contribution in [0.25, 0.3) is 0 Å². The van der Waals surface area contributed by atoms with Crippen molar-refractivity contribution in [2.75, 3.05) is 0 Å². The van der Waals surface area contributed by atoms with Gasteiger partial charge in [-0.15, -0.1) is 0 Å². The average Bonchev–Trinajstić information content (AvgIpc) is 2.17. The van der Waals surface area contributed by atoms with Gasteiger partial charge in [-0.1, -0.05) is 0 Å². The third-order valence-electron chi connectivity index (χ3n) is 2.85. The molecule has 6 nitrogen and oxygen atoms in total. The van der Waals surface area contributed by atoms with Crippen molar-refractivity contribution in [3.63, 3.8) is 0 Å². The molecule has 0 aromatic heterocycles. The van der Waals surface area contributed by atoms with Crippen LogP contribution in [0.2, 0.25) is 0 Å². The molecule has 0 spiro atoms. The van der Waals surface area contributed by atoms with Crippen molar-refractivity contribution < 1.29 is 29.7 Å². The zero-order chi connectivity index (χ0) is 12.7. The van der Waals surface area contributed by atoms with Gasteiger partial charge < -0.3 is 15.3 Å². The van der Waals surface area contributed by atoms with Crippen LogP contribution < -0.4 is 0 Å². The summed E-state index contributed by atoms with van der Waals surface area (Å²) in [5, 5.41) is 26.8. The smallest absolute Gasteiger partial charge is 0.336 e. The maximum absolute atomic E-state index is 11.0. The molecule has 1 aliphatic rings. The van der Waals surface area contributed by atoms with E-state index in [1.807, 2.05) is 0 Å². The summed E-state index contributed by atoms with van der Waals surface area (Å²) in [5.41, 5.74) is -0.111. The maximum atomic E-state index is 11.0. The molecule has 0 amide bonds. The highest BCUT2D eigenvalue weighted by Crippen LogP contribution is 2.32. The largest absolute Gasteiger partial charge is 0.478 e. The molecular weight excluding hydrogens is 228 g/mol. The van der Waals surface area contributed by atoms with Crippen molar-refractivity contribution in [2.24, 2.45) is 0 Å². The van der Waals surface area contributed by atoms with Gasteiger partial charge in [0.2, 0.25) is 0 Å². The summed E-state index contributed by atoms with van der Waals surface area (Å²) in [6.07, 6.45) is 0.871. The van der Waals surface area contributed by atoms with Crippen LogP contribution in [-0.2, 0) is 12.8 Å². The molecule has 0 unspecified atom stereocenters. The topological polar surface area (TPSA) is 112 Å². The molecule has 0 saturated carbocycles. The van der Waals surface area contributed by atoms with E-state index in [-0.39, 0.29) is 11.1 Å². The zero-order valence-corrected chi connectivity index (χ0v) is 8.56. The third kappa shape index (κ3) is 1.54. The lowest BCUT2D eigenvalue weighted by molar-refractivity contribution is 0.0646. The van der Waals surface area contributed by atoms with Crippen molar-refractivity contribution in [3.8, 4) is 0 Å². The molecule has 0 radical (unpaired) electrons. The van der Waals surface area contributed by atoms with Gasteiger partial charge in [-0.05, 0) is 30.0 Å². The van der Waals surface area contributed by atoms with E-state index in [2.05, 4.69) is 0 Å². The lowest BCUT2D eigenvalue weighted by Gasteiger charge is -2.24. The monoisotopic (exact) mass is 236 g/mol. The first-order chi connectivity index (χ1) is 7.93. The van der Waals surface area contributed by atoms with Crippen LogP contribution in [0.3, 0.4) is 0 Å². The second kappa shape index (κ2) is 3.58. The molecule has 0 fully saturated rings. The van der Waals surface area contributed by atoms with Gasteiger partial charge in [0.05, 0.1) is 16.7 Å². The van der Waals surface area contributed by atoms with Crippen molar-refractivity contribution in [1.82, 2.24) is 0 Å². The molecular formula is C11H8O6. The fourth-order valence-corrected chi connectivity index (χ4v) is 2.02. The Morgan fingerprint density at radius 1 is 0.824 bits per heavy atom. The molecule has 17 heavy (non-hydrogen) atoms. The molecule has 1 aliphatic carbocycles. The number of benzene rings is 1. The van der Waals surface area contributed by atoms with E-state index >= 15 is 0 Å². The number of carboxylic acid groups (broad SMARTS) is 3. The van der Waals surface area contributed by atoms with Crippen molar-refractivity contribution >= 4 is 17.9 Å². The molecule has 3 N–H and O–H groups in total. The SMILES string of the molecule is O=C(O)c1cc(C(=O)O)c(C(=O)O)c2c1CC2. The highest BCUT2D eigenvalue weighted by molar-refractivity contribution is 6.06. The fraction of sp³-hybridized carbons (Fsp3) is 0.182. The predicted octanol–water partition coefficient (Wildman–Crippen LogP) is 0.880. The quantitative estimate of drug-likeness (QED) is 0.718. The Morgan fingerprint density at radius 2 is 1.35 bits per heavy atom. The lowest BCUT2D eigenvalue weighted by atomic mass is 9.79. The van der Waals surface area contributed by atoms with Crippen molar-refractivity contribution in [1.29, 1.82) is 0 Å². The molecule has 1 aromatic carbocycles. The Bertz CT molecular complexity index is 558. The van der Waals surface area contributed by atoms with E-state index in [1.54, 1.807) is 0 Å². The minimum absolute atomic E-state index is 0.117. The second-order valence-corrected chi connectivity index (χ2v) is 3.72. The van der Waals surface area contributed by atoms with Gasteiger partial charge in [-0.2, -0.15) is 0 Å². The van der Waals surface area contributed by atoms with Crippen LogP contribution in [-0.4, -0.2) is 33.2 Å². The Morgan fingerprint density at radius 3 is 1.71 bits per heavy atom. The van der Waals surface area contributed by atoms with Crippen molar-refractivity contribution in [2.45, 2.75) is 12.8 Å². The summed E-state index contributed by atoms with van der Waals surface area (Å²) in [6, 6.07) is 0.923. The minimum Gasteiger partial charge on any atom is -0.478 e. The van der Waals surface area contributed by atoms with E-state index in [4.69, 9.17) is 15.3 Å². The van der Waals surface area contributed by atoms with Crippen LogP contribution >= 0.6 is 0 Å². The first-order valence-electron chi connectivity index (χ1n) is 4.82. The minimum atomic E-state index is -1.43.